The van der Waals surface area contributed by atoms with Gasteiger partial charge in [0.1, 0.15) is 11.5 Å². The number of aromatic carboxylic acids is 1. The van der Waals surface area contributed by atoms with Crippen LogP contribution in [0.25, 0.3) is 0 Å². The van der Waals surface area contributed by atoms with E-state index in [4.69, 9.17) is 4.74 Å². The fourth-order valence-corrected chi connectivity index (χ4v) is 5.56. The van der Waals surface area contributed by atoms with Gasteiger partial charge in [0, 0.05) is 16.7 Å². The fourth-order valence-electron chi connectivity index (χ4n) is 4.50. The summed E-state index contributed by atoms with van der Waals surface area (Å²) in [5, 5.41) is 31.0. The molecule has 1 heterocycles. The Morgan fingerprint density at radius 2 is 1.36 bits per heavy atom. The van der Waals surface area contributed by atoms with E-state index in [1.807, 2.05) is 0 Å². The summed E-state index contributed by atoms with van der Waals surface area (Å²) in [5.41, 5.74) is 2.07. The molecule has 0 bridgehead atoms. The van der Waals surface area contributed by atoms with Crippen LogP contribution in [0, 0.1) is 27.7 Å². The number of halogens is 2. The smallest absolute Gasteiger partial charge is 0.340 e. The molecule has 33 heavy (non-hydrogen) atoms. The zero-order valence-electron chi connectivity index (χ0n) is 18.2. The molecule has 0 atom stereocenters. The average Bonchev–Trinajstić information content (AvgIpc) is 3.08. The number of phenols is 2. The Hall–Kier alpha value is -2.84. The van der Waals surface area contributed by atoms with Crippen molar-refractivity contribution in [1.29, 1.82) is 0 Å². The second kappa shape index (κ2) is 7.88. The predicted octanol–water partition coefficient (Wildman–Crippen LogP) is 6.02. The first-order chi connectivity index (χ1) is 15.4. The van der Waals surface area contributed by atoms with Gasteiger partial charge in [-0.25, -0.2) is 9.59 Å². The molecular weight excluding hydrogens is 556 g/mol. The molecule has 0 radical (unpaired) electrons. The monoisotopic (exact) mass is 574 g/mol. The highest BCUT2D eigenvalue weighted by Crippen LogP contribution is 2.53. The summed E-state index contributed by atoms with van der Waals surface area (Å²) in [6.45, 7) is 7.04. The zero-order valence-corrected chi connectivity index (χ0v) is 21.4. The van der Waals surface area contributed by atoms with Gasteiger partial charge in [0.15, 0.2) is 5.60 Å². The van der Waals surface area contributed by atoms with Crippen LogP contribution in [-0.4, -0.2) is 27.3 Å². The highest BCUT2D eigenvalue weighted by atomic mass is 79.9. The lowest BCUT2D eigenvalue weighted by molar-refractivity contribution is 0.0242. The standard InChI is InChI=1S/C25H20Br2O6/c1-10-12(3)21(28)18(26)8-16(10)25(17-9-19(27)22(29)13(4)11(17)2)20-14(23(30)31)6-5-7-15(20)24(32)33-25/h5-9,28-29H,1-4H3,(H,30,31). The van der Waals surface area contributed by atoms with E-state index in [-0.39, 0.29) is 28.2 Å². The molecule has 0 saturated heterocycles. The van der Waals surface area contributed by atoms with Crippen LogP contribution in [-0.2, 0) is 10.3 Å². The first-order valence-electron chi connectivity index (χ1n) is 10.0. The number of benzene rings is 3. The van der Waals surface area contributed by atoms with E-state index in [2.05, 4.69) is 31.9 Å². The van der Waals surface area contributed by atoms with Crippen molar-refractivity contribution in [2.75, 3.05) is 0 Å². The van der Waals surface area contributed by atoms with E-state index in [0.717, 1.165) is 0 Å². The molecule has 1 aliphatic heterocycles. The molecule has 0 aliphatic carbocycles. The molecule has 0 amide bonds. The highest BCUT2D eigenvalue weighted by molar-refractivity contribution is 9.10. The topological polar surface area (TPSA) is 104 Å². The van der Waals surface area contributed by atoms with Gasteiger partial charge in [0.05, 0.1) is 20.1 Å². The van der Waals surface area contributed by atoms with E-state index >= 15 is 0 Å². The van der Waals surface area contributed by atoms with E-state index in [1.54, 1.807) is 45.9 Å². The number of phenolic OH excluding ortho intramolecular Hbond substituents is 2. The Labute approximate surface area is 207 Å². The first kappa shape index (κ1) is 23.3. The Morgan fingerprint density at radius 3 is 1.82 bits per heavy atom. The molecule has 4 rings (SSSR count). The van der Waals surface area contributed by atoms with Gasteiger partial charge >= 0.3 is 11.9 Å². The van der Waals surface area contributed by atoms with E-state index in [0.29, 0.717) is 42.3 Å². The van der Waals surface area contributed by atoms with Crippen molar-refractivity contribution in [3.05, 3.63) is 89.3 Å². The van der Waals surface area contributed by atoms with Gasteiger partial charge in [-0.05, 0) is 106 Å². The molecule has 0 saturated carbocycles. The molecule has 6 nitrogen and oxygen atoms in total. The van der Waals surface area contributed by atoms with E-state index in [1.165, 1.54) is 12.1 Å². The number of carboxylic acid groups (broad SMARTS) is 1. The van der Waals surface area contributed by atoms with Gasteiger partial charge in [-0.3, -0.25) is 0 Å². The average molecular weight is 576 g/mol. The number of hydrogen-bond donors (Lipinski definition) is 3. The highest BCUT2D eigenvalue weighted by Gasteiger charge is 2.53. The van der Waals surface area contributed by atoms with E-state index in [9.17, 15) is 24.9 Å². The van der Waals surface area contributed by atoms with Crippen molar-refractivity contribution in [3.63, 3.8) is 0 Å². The number of carbonyl (C=O) groups is 2. The van der Waals surface area contributed by atoms with Crippen molar-refractivity contribution in [1.82, 2.24) is 0 Å². The maximum atomic E-state index is 13.2. The second-order valence-electron chi connectivity index (χ2n) is 8.11. The SMILES string of the molecule is Cc1c(C2(c3cc(Br)c(O)c(C)c3C)OC(=O)c3cccc(C(=O)O)c32)cc(Br)c(O)c1C. The van der Waals surface area contributed by atoms with Crippen LogP contribution in [0.15, 0.2) is 39.3 Å². The number of ether oxygens (including phenoxy) is 1. The minimum absolute atomic E-state index is 0.0438. The van der Waals surface area contributed by atoms with E-state index < -0.39 is 17.5 Å². The molecule has 8 heteroatoms. The van der Waals surface area contributed by atoms with Gasteiger partial charge in [0.25, 0.3) is 0 Å². The molecular formula is C25H20Br2O6. The normalized spacial score (nSPS) is 14.2. The Balaban J connectivity index is 2.29. The van der Waals surface area contributed by atoms with Crippen LogP contribution in [0.4, 0.5) is 0 Å². The minimum Gasteiger partial charge on any atom is -0.506 e. The number of carboxylic acids is 1. The Bertz CT molecular complexity index is 1310. The summed E-state index contributed by atoms with van der Waals surface area (Å²) in [6, 6.07) is 7.78. The summed E-state index contributed by atoms with van der Waals surface area (Å²) in [4.78, 5) is 25.5. The van der Waals surface area contributed by atoms with Crippen molar-refractivity contribution in [3.8, 4) is 11.5 Å². The lowest BCUT2D eigenvalue weighted by Gasteiger charge is -2.35. The third kappa shape index (κ3) is 3.19. The summed E-state index contributed by atoms with van der Waals surface area (Å²) >= 11 is 6.76. The molecule has 3 aromatic rings. The van der Waals surface area contributed by atoms with Crippen LogP contribution < -0.4 is 0 Å². The number of hydrogen-bond acceptors (Lipinski definition) is 5. The molecule has 170 valence electrons. The molecule has 0 spiro atoms. The summed E-state index contributed by atoms with van der Waals surface area (Å²) < 4.78 is 6.89. The maximum absolute atomic E-state index is 13.2. The van der Waals surface area contributed by atoms with Crippen LogP contribution in [0.5, 0.6) is 11.5 Å². The number of esters is 1. The molecule has 1 aliphatic rings. The lowest BCUT2D eigenvalue weighted by atomic mass is 9.73. The third-order valence-electron chi connectivity index (χ3n) is 6.51. The Morgan fingerprint density at radius 1 is 0.879 bits per heavy atom. The van der Waals surface area contributed by atoms with Crippen LogP contribution >= 0.6 is 31.9 Å². The molecule has 0 aromatic heterocycles. The third-order valence-corrected chi connectivity index (χ3v) is 7.72. The fraction of sp³-hybridized carbons (Fsp3) is 0.200. The van der Waals surface area contributed by atoms with Crippen molar-refractivity contribution >= 4 is 43.8 Å². The number of cyclic esters (lactones) is 1. The van der Waals surface area contributed by atoms with Crippen LogP contribution in [0.2, 0.25) is 0 Å². The number of fused-ring (bicyclic) bond motifs is 1. The van der Waals surface area contributed by atoms with Crippen LogP contribution in [0.1, 0.15) is 59.7 Å². The lowest BCUT2D eigenvalue weighted by Crippen LogP contribution is -2.33. The zero-order chi connectivity index (χ0) is 24.4. The van der Waals surface area contributed by atoms with Crippen molar-refractivity contribution in [2.24, 2.45) is 0 Å². The predicted molar refractivity (Wildman–Crippen MR) is 129 cm³/mol. The number of carbonyl (C=O) groups excluding carboxylic acids is 1. The van der Waals surface area contributed by atoms with Gasteiger partial charge in [-0.1, -0.05) is 6.07 Å². The summed E-state index contributed by atoms with van der Waals surface area (Å²) in [7, 11) is 0. The largest absolute Gasteiger partial charge is 0.506 e. The van der Waals surface area contributed by atoms with Gasteiger partial charge < -0.3 is 20.1 Å². The number of rotatable bonds is 3. The van der Waals surface area contributed by atoms with Gasteiger partial charge in [-0.2, -0.15) is 0 Å². The number of aromatic hydroxyl groups is 2. The van der Waals surface area contributed by atoms with Crippen LogP contribution in [0.3, 0.4) is 0 Å². The quantitative estimate of drug-likeness (QED) is 0.330. The molecule has 0 unspecified atom stereocenters. The first-order valence-corrected chi connectivity index (χ1v) is 11.6. The van der Waals surface area contributed by atoms with Crippen molar-refractivity contribution < 1.29 is 29.6 Å². The van der Waals surface area contributed by atoms with Gasteiger partial charge in [-0.15, -0.1) is 0 Å². The van der Waals surface area contributed by atoms with Gasteiger partial charge in [0.2, 0.25) is 0 Å². The minimum atomic E-state index is -1.63. The second-order valence-corrected chi connectivity index (χ2v) is 9.82. The Kier molecular flexibility index (Phi) is 5.57. The van der Waals surface area contributed by atoms with Crippen molar-refractivity contribution in [2.45, 2.75) is 33.3 Å². The summed E-state index contributed by atoms with van der Waals surface area (Å²) in [5.74, 6) is -1.77. The molecule has 0 fully saturated rings. The maximum Gasteiger partial charge on any atom is 0.340 e. The summed E-state index contributed by atoms with van der Waals surface area (Å²) in [6.07, 6.45) is 0. The molecule has 3 aromatic carbocycles. The molecule has 3 N–H and O–H groups in total.